The fraction of sp³-hybridized carbons (Fsp3) is 0.292. The predicted molar refractivity (Wildman–Crippen MR) is 124 cm³/mol. The number of nitro benzene ring substituents is 1. The molecule has 3 aromatic rings. The first-order chi connectivity index (χ1) is 16.0. The molecule has 0 atom stereocenters. The Morgan fingerprint density at radius 2 is 1.94 bits per heavy atom. The van der Waals surface area contributed by atoms with Crippen LogP contribution in [-0.2, 0) is 6.61 Å². The Labute approximate surface area is 190 Å². The number of hydrogen-bond acceptors (Lipinski definition) is 7. The summed E-state index contributed by atoms with van der Waals surface area (Å²) < 4.78 is 11.0. The summed E-state index contributed by atoms with van der Waals surface area (Å²) in [5.41, 5.74) is 1.73. The predicted octanol–water partition coefficient (Wildman–Crippen LogP) is 4.60. The number of methoxy groups -OCH3 is 1. The minimum Gasteiger partial charge on any atom is -0.496 e. The highest BCUT2D eigenvalue weighted by molar-refractivity contribution is 6.05. The van der Waals surface area contributed by atoms with Crippen LogP contribution in [0.4, 0.5) is 17.1 Å². The molecule has 1 aliphatic rings. The molecule has 2 heterocycles. The quantitative estimate of drug-likeness (QED) is 0.398. The lowest BCUT2D eigenvalue weighted by molar-refractivity contribution is -0.384. The van der Waals surface area contributed by atoms with Gasteiger partial charge in [-0.1, -0.05) is 0 Å². The van der Waals surface area contributed by atoms with E-state index >= 15 is 0 Å². The van der Waals surface area contributed by atoms with Crippen LogP contribution < -0.4 is 15.0 Å². The van der Waals surface area contributed by atoms with Crippen LogP contribution in [0, 0.1) is 10.1 Å². The van der Waals surface area contributed by atoms with E-state index in [1.807, 2.05) is 4.90 Å². The summed E-state index contributed by atoms with van der Waals surface area (Å²) in [6, 6.07) is 13.0. The van der Waals surface area contributed by atoms with Crippen LogP contribution in [0.2, 0.25) is 0 Å². The first kappa shape index (κ1) is 22.3. The molecule has 1 aromatic heterocycles. The Morgan fingerprint density at radius 3 is 2.61 bits per heavy atom. The number of carbonyl (C=O) groups excluding carboxylic acids is 1. The highest BCUT2D eigenvalue weighted by Gasteiger charge is 2.23. The number of amides is 1. The van der Waals surface area contributed by atoms with Crippen molar-refractivity contribution < 1.29 is 24.0 Å². The number of carbonyl (C=O) groups is 1. The first-order valence-corrected chi connectivity index (χ1v) is 10.7. The molecule has 0 radical (unpaired) electrons. The molecule has 9 heteroatoms. The molecule has 2 N–H and O–H groups in total. The van der Waals surface area contributed by atoms with Gasteiger partial charge in [-0.15, -0.1) is 0 Å². The maximum Gasteiger partial charge on any atom is 0.293 e. The van der Waals surface area contributed by atoms with Crippen LogP contribution >= 0.6 is 0 Å². The van der Waals surface area contributed by atoms with E-state index in [1.54, 1.807) is 42.5 Å². The number of benzene rings is 2. The van der Waals surface area contributed by atoms with Crippen LogP contribution in [0.3, 0.4) is 0 Å². The van der Waals surface area contributed by atoms with Gasteiger partial charge in [-0.3, -0.25) is 14.9 Å². The lowest BCUT2D eigenvalue weighted by Crippen LogP contribution is -2.30. The zero-order chi connectivity index (χ0) is 23.4. The van der Waals surface area contributed by atoms with Crippen molar-refractivity contribution in [1.29, 1.82) is 0 Å². The molecule has 1 amide bonds. The number of furan rings is 1. The molecule has 9 nitrogen and oxygen atoms in total. The second kappa shape index (κ2) is 9.74. The molecule has 0 saturated carbocycles. The van der Waals surface area contributed by atoms with E-state index in [0.29, 0.717) is 34.2 Å². The number of piperidine rings is 1. The second-order valence-electron chi connectivity index (χ2n) is 7.80. The second-order valence-corrected chi connectivity index (χ2v) is 7.80. The Hall–Kier alpha value is -3.85. The van der Waals surface area contributed by atoms with Crippen molar-refractivity contribution in [2.75, 3.05) is 30.4 Å². The molecule has 172 valence electrons. The number of nitrogens with zero attached hydrogens (tertiary/aromatic N) is 2. The highest BCUT2D eigenvalue weighted by atomic mass is 16.6. The summed E-state index contributed by atoms with van der Waals surface area (Å²) in [5.74, 6) is 0.958. The summed E-state index contributed by atoms with van der Waals surface area (Å²) in [7, 11) is 1.52. The van der Waals surface area contributed by atoms with Crippen LogP contribution in [-0.4, -0.2) is 36.1 Å². The molecule has 4 rings (SSSR count). The molecule has 1 saturated heterocycles. The third-order valence-electron chi connectivity index (χ3n) is 5.67. The normalized spacial score (nSPS) is 13.6. The zero-order valence-corrected chi connectivity index (χ0v) is 18.2. The fourth-order valence-electron chi connectivity index (χ4n) is 4.00. The molecule has 0 bridgehead atoms. The SMILES string of the molecule is COc1ccc(NC(=O)c2ccc(N3CCCCC3)c([N+](=O)[O-])c2)cc1-c1ccc(CO)o1. The molecule has 1 fully saturated rings. The van der Waals surface area contributed by atoms with Crippen molar-refractivity contribution in [3.8, 4) is 17.1 Å². The van der Waals surface area contributed by atoms with E-state index in [0.717, 1.165) is 32.4 Å². The van der Waals surface area contributed by atoms with E-state index in [1.165, 1.54) is 13.2 Å². The lowest BCUT2D eigenvalue weighted by Gasteiger charge is -2.28. The van der Waals surface area contributed by atoms with Crippen molar-refractivity contribution in [2.45, 2.75) is 25.9 Å². The number of rotatable bonds is 7. The standard InChI is InChI=1S/C24H25N3O6/c1-32-22-9-6-17(14-19(22)23-10-7-18(15-28)33-23)25-24(29)16-5-8-20(21(13-16)27(30)31)26-11-3-2-4-12-26/h5-10,13-14,28H,2-4,11-12,15H2,1H3,(H,25,29). The van der Waals surface area contributed by atoms with Crippen molar-refractivity contribution in [3.05, 3.63) is 70.0 Å². The van der Waals surface area contributed by atoms with Gasteiger partial charge in [-0.2, -0.15) is 0 Å². The number of ether oxygens (including phenoxy) is 1. The van der Waals surface area contributed by atoms with Crippen molar-refractivity contribution in [1.82, 2.24) is 0 Å². The smallest absolute Gasteiger partial charge is 0.293 e. The maximum absolute atomic E-state index is 12.9. The number of nitro groups is 1. The van der Waals surface area contributed by atoms with E-state index in [2.05, 4.69) is 5.32 Å². The summed E-state index contributed by atoms with van der Waals surface area (Å²) in [4.78, 5) is 26.2. The summed E-state index contributed by atoms with van der Waals surface area (Å²) in [6.45, 7) is 1.31. The molecule has 33 heavy (non-hydrogen) atoms. The van der Waals surface area contributed by atoms with Gasteiger partial charge in [0.25, 0.3) is 11.6 Å². The summed E-state index contributed by atoms with van der Waals surface area (Å²) >= 11 is 0. The highest BCUT2D eigenvalue weighted by Crippen LogP contribution is 2.35. The average molecular weight is 451 g/mol. The number of aliphatic hydroxyl groups excluding tert-OH is 1. The Bertz CT molecular complexity index is 1170. The largest absolute Gasteiger partial charge is 0.496 e. The van der Waals surface area contributed by atoms with Gasteiger partial charge >= 0.3 is 0 Å². The van der Waals surface area contributed by atoms with Gasteiger partial charge in [0.05, 0.1) is 17.6 Å². The van der Waals surface area contributed by atoms with E-state index in [4.69, 9.17) is 9.15 Å². The van der Waals surface area contributed by atoms with Crippen LogP contribution in [0.15, 0.2) is 52.9 Å². The number of aliphatic hydroxyl groups is 1. The molecular weight excluding hydrogens is 426 g/mol. The Morgan fingerprint density at radius 1 is 1.15 bits per heavy atom. The van der Waals surface area contributed by atoms with Gasteiger partial charge in [0, 0.05) is 30.4 Å². The maximum atomic E-state index is 12.9. The molecule has 1 aliphatic heterocycles. The molecule has 2 aromatic carbocycles. The van der Waals surface area contributed by atoms with Gasteiger partial charge in [0.2, 0.25) is 0 Å². The van der Waals surface area contributed by atoms with Gasteiger partial charge in [-0.05, 0) is 61.7 Å². The molecule has 0 aliphatic carbocycles. The van der Waals surface area contributed by atoms with E-state index < -0.39 is 10.8 Å². The third kappa shape index (κ3) is 4.83. The summed E-state index contributed by atoms with van der Waals surface area (Å²) in [5, 5.41) is 23.7. The lowest BCUT2D eigenvalue weighted by atomic mass is 10.1. The molecule has 0 unspecified atom stereocenters. The van der Waals surface area contributed by atoms with Crippen LogP contribution in [0.1, 0.15) is 35.4 Å². The molecule has 0 spiro atoms. The zero-order valence-electron chi connectivity index (χ0n) is 18.2. The minimum atomic E-state index is -0.463. The van der Waals surface area contributed by atoms with E-state index in [9.17, 15) is 20.0 Å². The van der Waals surface area contributed by atoms with Crippen LogP contribution in [0.25, 0.3) is 11.3 Å². The molecular formula is C24H25N3O6. The van der Waals surface area contributed by atoms with Gasteiger partial charge in [0.1, 0.15) is 29.6 Å². The van der Waals surface area contributed by atoms with Gasteiger partial charge in [-0.25, -0.2) is 0 Å². The number of hydrogen-bond donors (Lipinski definition) is 2. The topological polar surface area (TPSA) is 118 Å². The summed E-state index contributed by atoms with van der Waals surface area (Å²) in [6.07, 6.45) is 3.11. The monoisotopic (exact) mass is 451 g/mol. The number of anilines is 2. The van der Waals surface area contributed by atoms with Crippen molar-refractivity contribution in [3.63, 3.8) is 0 Å². The van der Waals surface area contributed by atoms with Crippen molar-refractivity contribution in [2.24, 2.45) is 0 Å². The number of nitrogens with one attached hydrogen (secondary N) is 1. The Kier molecular flexibility index (Phi) is 6.60. The Balaban J connectivity index is 1.59. The van der Waals surface area contributed by atoms with Crippen molar-refractivity contribution >= 4 is 23.0 Å². The first-order valence-electron chi connectivity index (χ1n) is 10.7. The van der Waals surface area contributed by atoms with Gasteiger partial charge < -0.3 is 24.5 Å². The fourth-order valence-corrected chi connectivity index (χ4v) is 4.00. The van der Waals surface area contributed by atoms with Gasteiger partial charge in [0.15, 0.2) is 0 Å². The average Bonchev–Trinajstić information content (AvgIpc) is 3.33. The minimum absolute atomic E-state index is 0.0768. The third-order valence-corrected chi connectivity index (χ3v) is 5.67. The van der Waals surface area contributed by atoms with E-state index in [-0.39, 0.29) is 17.9 Å². The van der Waals surface area contributed by atoms with Crippen LogP contribution in [0.5, 0.6) is 5.75 Å².